The van der Waals surface area contributed by atoms with Gasteiger partial charge in [-0.25, -0.2) is 4.79 Å². The summed E-state index contributed by atoms with van der Waals surface area (Å²) < 4.78 is 5.50. The average molecular weight is 244 g/mol. The molecule has 18 heavy (non-hydrogen) atoms. The Hall–Kier alpha value is -1.31. The van der Waals surface area contributed by atoms with E-state index in [0.717, 1.165) is 17.8 Å². The standard InChI is InChI=1S/C16H20O2/c1-11-13-7-8-14(9-13)15(11)10-18-16(17)12-5-3-2-4-6-12/h2-6,11,13-15H,7-10H2,1H3. The predicted molar refractivity (Wildman–Crippen MR) is 70.2 cm³/mol. The van der Waals surface area contributed by atoms with Gasteiger partial charge in [0.25, 0.3) is 0 Å². The van der Waals surface area contributed by atoms with Gasteiger partial charge >= 0.3 is 5.97 Å². The zero-order chi connectivity index (χ0) is 12.5. The van der Waals surface area contributed by atoms with Crippen LogP contribution in [0.4, 0.5) is 0 Å². The number of esters is 1. The molecule has 2 aliphatic carbocycles. The van der Waals surface area contributed by atoms with Crippen molar-refractivity contribution in [1.29, 1.82) is 0 Å². The highest BCUT2D eigenvalue weighted by Gasteiger charge is 2.45. The van der Waals surface area contributed by atoms with E-state index in [1.165, 1.54) is 19.3 Å². The van der Waals surface area contributed by atoms with Gasteiger partial charge in [-0.15, -0.1) is 0 Å². The molecule has 3 rings (SSSR count). The van der Waals surface area contributed by atoms with Crippen LogP contribution in [0.15, 0.2) is 30.3 Å². The lowest BCUT2D eigenvalue weighted by atomic mass is 9.81. The average Bonchev–Trinajstić information content (AvgIpc) is 2.99. The second-order valence-corrected chi connectivity index (χ2v) is 5.82. The van der Waals surface area contributed by atoms with Crippen LogP contribution < -0.4 is 0 Å². The molecular formula is C16H20O2. The number of hydrogen-bond acceptors (Lipinski definition) is 2. The van der Waals surface area contributed by atoms with Crippen molar-refractivity contribution >= 4 is 5.97 Å². The van der Waals surface area contributed by atoms with Crippen LogP contribution in [0.3, 0.4) is 0 Å². The fourth-order valence-electron chi connectivity index (χ4n) is 3.82. The summed E-state index contributed by atoms with van der Waals surface area (Å²) in [6.07, 6.45) is 4.08. The van der Waals surface area contributed by atoms with Gasteiger partial charge in [0.2, 0.25) is 0 Å². The summed E-state index contributed by atoms with van der Waals surface area (Å²) in [6, 6.07) is 9.28. The summed E-state index contributed by atoms with van der Waals surface area (Å²) in [5.74, 6) is 2.83. The monoisotopic (exact) mass is 244 g/mol. The maximum absolute atomic E-state index is 11.9. The molecule has 0 N–H and O–H groups in total. The van der Waals surface area contributed by atoms with Crippen molar-refractivity contribution in [2.75, 3.05) is 6.61 Å². The van der Waals surface area contributed by atoms with Crippen molar-refractivity contribution in [1.82, 2.24) is 0 Å². The third-order valence-electron chi connectivity index (χ3n) is 4.95. The summed E-state index contributed by atoms with van der Waals surface area (Å²) in [5.41, 5.74) is 0.660. The molecule has 0 saturated heterocycles. The van der Waals surface area contributed by atoms with E-state index < -0.39 is 0 Å². The van der Waals surface area contributed by atoms with E-state index in [-0.39, 0.29) is 5.97 Å². The van der Waals surface area contributed by atoms with Crippen LogP contribution >= 0.6 is 0 Å². The first-order chi connectivity index (χ1) is 8.75. The lowest BCUT2D eigenvalue weighted by molar-refractivity contribution is 0.0336. The highest BCUT2D eigenvalue weighted by atomic mass is 16.5. The molecule has 1 aromatic carbocycles. The van der Waals surface area contributed by atoms with Crippen molar-refractivity contribution in [3.05, 3.63) is 35.9 Å². The van der Waals surface area contributed by atoms with Crippen molar-refractivity contribution in [2.24, 2.45) is 23.7 Å². The van der Waals surface area contributed by atoms with E-state index in [0.29, 0.717) is 18.1 Å². The quantitative estimate of drug-likeness (QED) is 0.760. The van der Waals surface area contributed by atoms with E-state index in [9.17, 15) is 4.79 Å². The molecular weight excluding hydrogens is 224 g/mol. The number of rotatable bonds is 3. The zero-order valence-corrected chi connectivity index (χ0v) is 10.8. The van der Waals surface area contributed by atoms with E-state index >= 15 is 0 Å². The third kappa shape index (κ3) is 2.05. The molecule has 2 nitrogen and oxygen atoms in total. The van der Waals surface area contributed by atoms with Crippen LogP contribution in [-0.4, -0.2) is 12.6 Å². The number of fused-ring (bicyclic) bond motifs is 2. The Kier molecular flexibility index (Phi) is 3.11. The number of benzene rings is 1. The minimum absolute atomic E-state index is 0.175. The van der Waals surface area contributed by atoms with Crippen molar-refractivity contribution in [3.8, 4) is 0 Å². The van der Waals surface area contributed by atoms with Gasteiger partial charge in [-0.1, -0.05) is 25.1 Å². The summed E-state index contributed by atoms with van der Waals surface area (Å²) in [7, 11) is 0. The van der Waals surface area contributed by atoms with Gasteiger partial charge in [0.1, 0.15) is 0 Å². The van der Waals surface area contributed by atoms with E-state index in [2.05, 4.69) is 6.92 Å². The summed E-state index contributed by atoms with van der Waals surface area (Å²) in [5, 5.41) is 0. The number of carbonyl (C=O) groups excluding carboxylic acids is 1. The maximum atomic E-state index is 11.9. The van der Waals surface area contributed by atoms with Gasteiger partial charge in [0.15, 0.2) is 0 Å². The lowest BCUT2D eigenvalue weighted by Crippen LogP contribution is -2.25. The molecule has 2 bridgehead atoms. The van der Waals surface area contributed by atoms with Crippen LogP contribution in [-0.2, 0) is 4.74 Å². The Bertz CT molecular complexity index is 424. The maximum Gasteiger partial charge on any atom is 0.338 e. The summed E-state index contributed by atoms with van der Waals surface area (Å²) in [4.78, 5) is 11.9. The first-order valence-electron chi connectivity index (χ1n) is 6.98. The Balaban J connectivity index is 1.57. The first-order valence-corrected chi connectivity index (χ1v) is 6.98. The molecule has 0 radical (unpaired) electrons. The number of ether oxygens (including phenoxy) is 1. The van der Waals surface area contributed by atoms with Crippen LogP contribution in [0, 0.1) is 23.7 Å². The van der Waals surface area contributed by atoms with Crippen molar-refractivity contribution in [3.63, 3.8) is 0 Å². The van der Waals surface area contributed by atoms with Gasteiger partial charge in [0, 0.05) is 0 Å². The molecule has 2 aliphatic rings. The lowest BCUT2D eigenvalue weighted by Gasteiger charge is -2.27. The molecule has 0 aromatic heterocycles. The highest BCUT2D eigenvalue weighted by Crippen LogP contribution is 2.52. The molecule has 0 spiro atoms. The molecule has 2 fully saturated rings. The number of carbonyl (C=O) groups is 1. The van der Waals surface area contributed by atoms with Crippen LogP contribution in [0.1, 0.15) is 36.5 Å². The molecule has 0 aliphatic heterocycles. The normalized spacial score (nSPS) is 33.6. The van der Waals surface area contributed by atoms with Crippen molar-refractivity contribution in [2.45, 2.75) is 26.2 Å². The Morgan fingerprint density at radius 1 is 1.22 bits per heavy atom. The Morgan fingerprint density at radius 2 is 1.94 bits per heavy atom. The molecule has 2 heteroatoms. The van der Waals surface area contributed by atoms with Gasteiger partial charge in [0.05, 0.1) is 12.2 Å². The molecule has 96 valence electrons. The number of hydrogen-bond donors (Lipinski definition) is 0. The SMILES string of the molecule is CC1C2CCC(C2)C1COC(=O)c1ccccc1. The van der Waals surface area contributed by atoms with Crippen molar-refractivity contribution < 1.29 is 9.53 Å². The zero-order valence-electron chi connectivity index (χ0n) is 10.8. The van der Waals surface area contributed by atoms with Gasteiger partial charge in [-0.2, -0.15) is 0 Å². The predicted octanol–water partition coefficient (Wildman–Crippen LogP) is 3.53. The van der Waals surface area contributed by atoms with E-state index in [1.807, 2.05) is 30.3 Å². The van der Waals surface area contributed by atoms with Crippen LogP contribution in [0.25, 0.3) is 0 Å². The fourth-order valence-corrected chi connectivity index (χ4v) is 3.82. The van der Waals surface area contributed by atoms with Gasteiger partial charge in [-0.05, 0) is 55.1 Å². The highest BCUT2D eigenvalue weighted by molar-refractivity contribution is 5.89. The van der Waals surface area contributed by atoms with Crippen LogP contribution in [0.5, 0.6) is 0 Å². The smallest absolute Gasteiger partial charge is 0.338 e. The third-order valence-corrected chi connectivity index (χ3v) is 4.95. The molecule has 2 saturated carbocycles. The Labute approximate surface area is 108 Å². The Morgan fingerprint density at radius 3 is 2.61 bits per heavy atom. The van der Waals surface area contributed by atoms with Gasteiger partial charge in [-0.3, -0.25) is 0 Å². The molecule has 4 unspecified atom stereocenters. The summed E-state index contributed by atoms with van der Waals surface area (Å²) in [6.45, 7) is 2.93. The molecule has 0 amide bonds. The van der Waals surface area contributed by atoms with E-state index in [1.54, 1.807) is 0 Å². The second-order valence-electron chi connectivity index (χ2n) is 5.82. The van der Waals surface area contributed by atoms with E-state index in [4.69, 9.17) is 4.74 Å². The van der Waals surface area contributed by atoms with Gasteiger partial charge < -0.3 is 4.74 Å². The molecule has 0 heterocycles. The summed E-state index contributed by atoms with van der Waals surface area (Å²) >= 11 is 0. The largest absolute Gasteiger partial charge is 0.462 e. The topological polar surface area (TPSA) is 26.3 Å². The second kappa shape index (κ2) is 4.75. The van der Waals surface area contributed by atoms with Crippen LogP contribution in [0.2, 0.25) is 0 Å². The minimum atomic E-state index is -0.175. The minimum Gasteiger partial charge on any atom is -0.462 e. The molecule has 1 aromatic rings. The fraction of sp³-hybridized carbons (Fsp3) is 0.562. The molecule has 4 atom stereocenters. The first kappa shape index (κ1) is 11.8.